The third-order valence-corrected chi connectivity index (χ3v) is 4.47. The first-order valence-corrected chi connectivity index (χ1v) is 10.0. The van der Waals surface area contributed by atoms with Crippen LogP contribution in [0, 0.1) is 11.3 Å². The Bertz CT molecular complexity index is 796. The van der Waals surface area contributed by atoms with Gasteiger partial charge in [-0.3, -0.25) is 19.1 Å². The van der Waals surface area contributed by atoms with Crippen LogP contribution in [0.2, 0.25) is 0 Å². The maximum atomic E-state index is 12.9. The first-order chi connectivity index (χ1) is 14.0. The number of fused-ring (bicyclic) bond motifs is 2. The number of nitrogens with zero attached hydrogens (tertiary/aromatic N) is 2. The zero-order valence-corrected chi connectivity index (χ0v) is 18.2. The molecule has 3 N–H and O–H groups in total. The van der Waals surface area contributed by atoms with Crippen LogP contribution >= 0.6 is 0 Å². The summed E-state index contributed by atoms with van der Waals surface area (Å²) in [6.45, 7) is 10.2. The molecular weight excluding hydrogens is 390 g/mol. The maximum absolute atomic E-state index is 12.9. The molecule has 2 heterocycles. The van der Waals surface area contributed by atoms with Crippen LogP contribution < -0.4 is 16.0 Å². The Balaban J connectivity index is 2.10. The number of carbonyl (C=O) groups is 4. The molecule has 0 saturated carbocycles. The molecule has 0 aliphatic carbocycles. The molecule has 0 fully saturated rings. The number of ether oxygens (including phenoxy) is 1. The molecule has 30 heavy (non-hydrogen) atoms. The second-order valence-corrected chi connectivity index (χ2v) is 9.00. The molecule has 2 unspecified atom stereocenters. The standard InChI is InChI=1S/C20H31N5O5/c1-12(2)15(24-19(29)30-11-20(3,4)5)17(27)23-14-8-13-9-22-25(10-13)7-6-21-18(28)16(14)26/h9-10,12,14-15H,6-8,11H2,1-5H3,(H,21,28)(H,23,27)(H,24,29). The number of ketones is 1. The molecule has 1 aromatic rings. The number of amides is 3. The number of alkyl carbamates (subject to hydrolysis) is 1. The molecule has 2 bridgehead atoms. The summed E-state index contributed by atoms with van der Waals surface area (Å²) in [5.74, 6) is -2.33. The molecule has 2 atom stereocenters. The van der Waals surface area contributed by atoms with E-state index in [1.54, 1.807) is 30.9 Å². The van der Waals surface area contributed by atoms with E-state index < -0.39 is 35.8 Å². The van der Waals surface area contributed by atoms with Gasteiger partial charge in [-0.05, 0) is 16.9 Å². The van der Waals surface area contributed by atoms with Crippen molar-refractivity contribution < 1.29 is 23.9 Å². The monoisotopic (exact) mass is 421 g/mol. The minimum Gasteiger partial charge on any atom is -0.449 e. The van der Waals surface area contributed by atoms with Gasteiger partial charge in [-0.25, -0.2) is 4.79 Å². The summed E-state index contributed by atoms with van der Waals surface area (Å²) >= 11 is 0. The van der Waals surface area contributed by atoms with Gasteiger partial charge >= 0.3 is 6.09 Å². The minimum atomic E-state index is -1.07. The summed E-state index contributed by atoms with van der Waals surface area (Å²) in [5.41, 5.74) is 0.509. The van der Waals surface area contributed by atoms with Gasteiger partial charge in [0.25, 0.3) is 5.91 Å². The lowest BCUT2D eigenvalue weighted by Crippen LogP contribution is -2.56. The molecule has 0 radical (unpaired) electrons. The first-order valence-electron chi connectivity index (χ1n) is 10.0. The Kier molecular flexibility index (Phi) is 7.58. The molecule has 3 amide bonds. The highest BCUT2D eigenvalue weighted by Gasteiger charge is 2.32. The van der Waals surface area contributed by atoms with Crippen molar-refractivity contribution in [1.82, 2.24) is 25.7 Å². The SMILES string of the molecule is CC(C)C(NC(=O)OCC(C)(C)C)C(=O)NC1Cc2cnn(c2)CCNC(=O)C1=O. The third-order valence-electron chi connectivity index (χ3n) is 4.47. The zero-order valence-electron chi connectivity index (χ0n) is 18.2. The molecule has 10 nitrogen and oxygen atoms in total. The second-order valence-electron chi connectivity index (χ2n) is 9.00. The van der Waals surface area contributed by atoms with E-state index in [9.17, 15) is 19.2 Å². The summed E-state index contributed by atoms with van der Waals surface area (Å²) in [6.07, 6.45) is 2.78. The van der Waals surface area contributed by atoms with Gasteiger partial charge in [0.2, 0.25) is 11.7 Å². The van der Waals surface area contributed by atoms with Crippen molar-refractivity contribution in [3.05, 3.63) is 18.0 Å². The molecule has 0 aromatic carbocycles. The molecule has 1 aliphatic heterocycles. The average molecular weight is 421 g/mol. The van der Waals surface area contributed by atoms with Crippen molar-refractivity contribution in [3.8, 4) is 0 Å². The van der Waals surface area contributed by atoms with E-state index in [4.69, 9.17) is 4.74 Å². The molecule has 0 saturated heterocycles. The third kappa shape index (κ3) is 6.85. The van der Waals surface area contributed by atoms with Gasteiger partial charge in [-0.1, -0.05) is 34.6 Å². The number of nitrogens with one attached hydrogen (secondary N) is 3. The zero-order chi connectivity index (χ0) is 22.5. The number of Topliss-reactive ketones (excluding diaryl/α,β-unsaturated/α-hetero) is 1. The van der Waals surface area contributed by atoms with Gasteiger partial charge in [-0.2, -0.15) is 5.10 Å². The van der Waals surface area contributed by atoms with Gasteiger partial charge < -0.3 is 20.7 Å². The molecule has 166 valence electrons. The van der Waals surface area contributed by atoms with E-state index in [2.05, 4.69) is 21.0 Å². The summed E-state index contributed by atoms with van der Waals surface area (Å²) < 4.78 is 6.84. The summed E-state index contributed by atoms with van der Waals surface area (Å²) in [5, 5.41) is 11.9. The maximum Gasteiger partial charge on any atom is 0.407 e. The largest absolute Gasteiger partial charge is 0.449 e. The Morgan fingerprint density at radius 2 is 2.03 bits per heavy atom. The molecule has 1 aromatic heterocycles. The number of rotatable bonds is 5. The molecule has 2 rings (SSSR count). The lowest BCUT2D eigenvalue weighted by atomic mass is 9.99. The van der Waals surface area contributed by atoms with Crippen molar-refractivity contribution in [3.63, 3.8) is 0 Å². The lowest BCUT2D eigenvalue weighted by Gasteiger charge is -2.25. The topological polar surface area (TPSA) is 131 Å². The van der Waals surface area contributed by atoms with E-state index in [-0.39, 0.29) is 30.9 Å². The van der Waals surface area contributed by atoms with Crippen LogP contribution in [0.4, 0.5) is 4.79 Å². The van der Waals surface area contributed by atoms with Crippen molar-refractivity contribution in [2.75, 3.05) is 13.2 Å². The summed E-state index contributed by atoms with van der Waals surface area (Å²) in [4.78, 5) is 49.7. The fraction of sp³-hybridized carbons (Fsp3) is 0.650. The van der Waals surface area contributed by atoms with E-state index in [0.717, 1.165) is 5.56 Å². The van der Waals surface area contributed by atoms with Crippen LogP contribution in [0.25, 0.3) is 0 Å². The Morgan fingerprint density at radius 3 is 2.67 bits per heavy atom. The summed E-state index contributed by atoms with van der Waals surface area (Å²) in [7, 11) is 0. The molecule has 10 heteroatoms. The lowest BCUT2D eigenvalue weighted by molar-refractivity contribution is -0.140. The number of carbonyl (C=O) groups excluding carboxylic acids is 4. The van der Waals surface area contributed by atoms with Crippen LogP contribution in [0.3, 0.4) is 0 Å². The van der Waals surface area contributed by atoms with E-state index in [1.807, 2.05) is 20.8 Å². The van der Waals surface area contributed by atoms with E-state index >= 15 is 0 Å². The van der Waals surface area contributed by atoms with Gasteiger partial charge in [0.05, 0.1) is 19.3 Å². The van der Waals surface area contributed by atoms with Crippen molar-refractivity contribution in [2.45, 2.75) is 59.7 Å². The van der Waals surface area contributed by atoms with Crippen LogP contribution in [0.15, 0.2) is 12.4 Å². The summed E-state index contributed by atoms with van der Waals surface area (Å²) in [6, 6.07) is -1.99. The van der Waals surface area contributed by atoms with Crippen LogP contribution in [0.1, 0.15) is 40.2 Å². The van der Waals surface area contributed by atoms with Crippen LogP contribution in [-0.4, -0.2) is 58.7 Å². The Hall–Kier alpha value is -2.91. The Morgan fingerprint density at radius 1 is 1.33 bits per heavy atom. The second kappa shape index (κ2) is 9.73. The fourth-order valence-electron chi connectivity index (χ4n) is 2.86. The van der Waals surface area contributed by atoms with Crippen molar-refractivity contribution in [2.24, 2.45) is 11.3 Å². The minimum absolute atomic E-state index is 0.122. The van der Waals surface area contributed by atoms with Gasteiger partial charge in [-0.15, -0.1) is 0 Å². The normalized spacial score (nSPS) is 18.4. The predicted octanol–water partition coefficient (Wildman–Crippen LogP) is 0.406. The molecule has 1 aliphatic rings. The van der Waals surface area contributed by atoms with Gasteiger partial charge in [0.15, 0.2) is 0 Å². The highest BCUT2D eigenvalue weighted by molar-refractivity contribution is 6.38. The fourth-order valence-corrected chi connectivity index (χ4v) is 2.86. The van der Waals surface area contributed by atoms with E-state index in [1.165, 1.54) is 0 Å². The van der Waals surface area contributed by atoms with Gasteiger partial charge in [0, 0.05) is 19.2 Å². The number of hydrogen-bond donors (Lipinski definition) is 3. The number of aromatic nitrogens is 2. The number of hydrogen-bond acceptors (Lipinski definition) is 6. The quantitative estimate of drug-likeness (QED) is 0.590. The Labute approximate surface area is 176 Å². The predicted molar refractivity (Wildman–Crippen MR) is 108 cm³/mol. The average Bonchev–Trinajstić information content (AvgIpc) is 3.08. The van der Waals surface area contributed by atoms with Crippen molar-refractivity contribution in [1.29, 1.82) is 0 Å². The van der Waals surface area contributed by atoms with Crippen LogP contribution in [0.5, 0.6) is 0 Å². The first kappa shape index (κ1) is 23.4. The molecular formula is C20H31N5O5. The smallest absolute Gasteiger partial charge is 0.407 e. The van der Waals surface area contributed by atoms with Crippen LogP contribution in [-0.2, 0) is 32.1 Å². The van der Waals surface area contributed by atoms with Crippen molar-refractivity contribution >= 4 is 23.7 Å². The van der Waals surface area contributed by atoms with Gasteiger partial charge in [0.1, 0.15) is 12.1 Å². The highest BCUT2D eigenvalue weighted by atomic mass is 16.5. The van der Waals surface area contributed by atoms with E-state index in [0.29, 0.717) is 6.54 Å². The highest BCUT2D eigenvalue weighted by Crippen LogP contribution is 2.13. The molecule has 0 spiro atoms.